The molecule has 1 aromatic heterocycles. The number of carbonyl (C=O) groups is 1. The first-order chi connectivity index (χ1) is 14.5. The zero-order chi connectivity index (χ0) is 20.8. The Hall–Kier alpha value is -1.64. The van der Waals surface area contributed by atoms with Gasteiger partial charge in [0.15, 0.2) is 5.58 Å². The molecule has 7 heteroatoms. The highest BCUT2D eigenvalue weighted by Crippen LogP contribution is 2.36. The van der Waals surface area contributed by atoms with Gasteiger partial charge < -0.3 is 9.73 Å². The number of hydrogen-bond donors (Lipinski definition) is 1. The molecule has 6 rings (SSSR count). The SMILES string of the molecule is CC(C)c1ccccc1-c1nc2c(C(=O)NC3C4CCN(CC4)C3I)cccc2o1.Cl. The van der Waals surface area contributed by atoms with Crippen molar-refractivity contribution < 1.29 is 9.21 Å². The van der Waals surface area contributed by atoms with Gasteiger partial charge in [-0.3, -0.25) is 9.69 Å². The predicted octanol–water partition coefficient (Wildman–Crippen LogP) is 5.63. The smallest absolute Gasteiger partial charge is 0.253 e. The van der Waals surface area contributed by atoms with Crippen molar-refractivity contribution in [3.05, 3.63) is 53.6 Å². The molecule has 0 spiro atoms. The quantitative estimate of drug-likeness (QED) is 0.260. The summed E-state index contributed by atoms with van der Waals surface area (Å²) in [7, 11) is 0. The van der Waals surface area contributed by atoms with Crippen LogP contribution in [-0.4, -0.2) is 39.0 Å². The van der Waals surface area contributed by atoms with E-state index in [1.807, 2.05) is 36.4 Å². The second kappa shape index (κ2) is 9.08. The number of oxazole rings is 1. The summed E-state index contributed by atoms with van der Waals surface area (Å²) in [6, 6.07) is 14.0. The second-order valence-electron chi connectivity index (χ2n) is 8.66. The van der Waals surface area contributed by atoms with Crippen molar-refractivity contribution >= 4 is 52.0 Å². The van der Waals surface area contributed by atoms with E-state index in [2.05, 4.69) is 52.7 Å². The molecule has 4 heterocycles. The highest BCUT2D eigenvalue weighted by Gasteiger charge is 2.41. The van der Waals surface area contributed by atoms with Crippen LogP contribution in [0.15, 0.2) is 46.9 Å². The Balaban J connectivity index is 0.00000231. The minimum atomic E-state index is -0.0574. The molecular weight excluding hydrogens is 525 g/mol. The zero-order valence-corrected chi connectivity index (χ0v) is 20.7. The summed E-state index contributed by atoms with van der Waals surface area (Å²) in [6.07, 6.45) is 2.32. The number of nitrogens with one attached hydrogen (secondary N) is 1. The van der Waals surface area contributed by atoms with Crippen LogP contribution in [0.4, 0.5) is 0 Å². The molecule has 2 unspecified atom stereocenters. The van der Waals surface area contributed by atoms with Crippen molar-refractivity contribution in [2.24, 2.45) is 5.92 Å². The first kappa shape index (κ1) is 22.6. The van der Waals surface area contributed by atoms with Gasteiger partial charge in [0, 0.05) is 5.56 Å². The van der Waals surface area contributed by atoms with Crippen LogP contribution in [0.1, 0.15) is 48.5 Å². The van der Waals surface area contributed by atoms with Crippen molar-refractivity contribution in [2.45, 2.75) is 42.7 Å². The fraction of sp³-hybridized carbons (Fsp3) is 0.417. The van der Waals surface area contributed by atoms with Gasteiger partial charge in [-0.05, 0) is 61.5 Å². The number of alkyl halides is 1. The number of hydrogen-bond acceptors (Lipinski definition) is 4. The lowest BCUT2D eigenvalue weighted by atomic mass is 9.84. The van der Waals surface area contributed by atoms with Gasteiger partial charge in [0.25, 0.3) is 5.91 Å². The molecule has 3 aliphatic rings. The minimum absolute atomic E-state index is 0. The molecule has 5 nitrogen and oxygen atoms in total. The Kier molecular flexibility index (Phi) is 6.60. The molecule has 1 amide bonds. The molecule has 0 radical (unpaired) electrons. The van der Waals surface area contributed by atoms with E-state index in [1.165, 1.54) is 5.56 Å². The molecule has 3 fully saturated rings. The third kappa shape index (κ3) is 4.10. The number of carbonyl (C=O) groups excluding carboxylic acids is 1. The highest BCUT2D eigenvalue weighted by atomic mass is 127. The van der Waals surface area contributed by atoms with E-state index >= 15 is 0 Å². The van der Waals surface area contributed by atoms with Gasteiger partial charge >= 0.3 is 0 Å². The van der Waals surface area contributed by atoms with E-state index < -0.39 is 0 Å². The lowest BCUT2D eigenvalue weighted by molar-refractivity contribution is 0.0554. The largest absolute Gasteiger partial charge is 0.436 e. The molecular formula is C24H27ClIN3O2. The number of rotatable bonds is 4. The Labute approximate surface area is 202 Å². The average molecular weight is 552 g/mol. The Morgan fingerprint density at radius 3 is 2.61 bits per heavy atom. The Bertz CT molecular complexity index is 1090. The third-order valence-corrected chi connectivity index (χ3v) is 8.06. The maximum absolute atomic E-state index is 13.3. The van der Waals surface area contributed by atoms with E-state index in [4.69, 9.17) is 9.40 Å². The first-order valence-corrected chi connectivity index (χ1v) is 12.0. The second-order valence-corrected chi connectivity index (χ2v) is 9.93. The molecule has 2 aromatic carbocycles. The van der Waals surface area contributed by atoms with Gasteiger partial charge in [-0.15, -0.1) is 12.4 Å². The molecule has 3 aromatic rings. The molecule has 31 heavy (non-hydrogen) atoms. The van der Waals surface area contributed by atoms with Gasteiger partial charge in [0.1, 0.15) is 5.52 Å². The molecule has 0 saturated carbocycles. The van der Waals surface area contributed by atoms with E-state index in [-0.39, 0.29) is 24.4 Å². The summed E-state index contributed by atoms with van der Waals surface area (Å²) in [6.45, 7) is 6.60. The number of benzene rings is 2. The maximum Gasteiger partial charge on any atom is 0.253 e. The van der Waals surface area contributed by atoms with Crippen LogP contribution in [0.3, 0.4) is 0 Å². The lowest BCUT2D eigenvalue weighted by Crippen LogP contribution is -2.61. The summed E-state index contributed by atoms with van der Waals surface area (Å²) in [5.41, 5.74) is 4.05. The summed E-state index contributed by atoms with van der Waals surface area (Å²) in [5.74, 6) is 1.43. The van der Waals surface area contributed by atoms with Gasteiger partial charge in [0.05, 0.1) is 15.7 Å². The molecule has 2 bridgehead atoms. The zero-order valence-electron chi connectivity index (χ0n) is 17.7. The average Bonchev–Trinajstić information content (AvgIpc) is 3.20. The fourth-order valence-electron chi connectivity index (χ4n) is 4.83. The van der Waals surface area contributed by atoms with Crippen LogP contribution < -0.4 is 5.32 Å². The maximum atomic E-state index is 13.3. The van der Waals surface area contributed by atoms with Crippen LogP contribution >= 0.6 is 35.0 Å². The Morgan fingerprint density at radius 1 is 1.16 bits per heavy atom. The standard InChI is InChI=1S/C24H26IN3O2.ClH/c1-14(2)16-6-3-4-7-17(16)24-27-21-18(8-5-9-19(21)30-24)23(29)26-20-15-10-12-28(13-11-15)22(20)25;/h3-9,14-15,20,22H,10-13H2,1-2H3,(H,26,29);1H. The van der Waals surface area contributed by atoms with Crippen molar-refractivity contribution in [1.29, 1.82) is 0 Å². The van der Waals surface area contributed by atoms with Crippen molar-refractivity contribution in [3.8, 4) is 11.5 Å². The predicted molar refractivity (Wildman–Crippen MR) is 134 cm³/mol. The van der Waals surface area contributed by atoms with Crippen molar-refractivity contribution in [2.75, 3.05) is 13.1 Å². The van der Waals surface area contributed by atoms with Crippen molar-refractivity contribution in [1.82, 2.24) is 15.2 Å². The normalized spacial score (nSPS) is 24.9. The number of nitrogens with zero attached hydrogens (tertiary/aromatic N) is 2. The summed E-state index contributed by atoms with van der Waals surface area (Å²) in [4.78, 5) is 20.5. The molecule has 3 saturated heterocycles. The van der Waals surface area contributed by atoms with Crippen LogP contribution in [0.5, 0.6) is 0 Å². The summed E-state index contributed by atoms with van der Waals surface area (Å²) >= 11 is 2.48. The number of para-hydroxylation sites is 1. The first-order valence-electron chi connectivity index (χ1n) is 10.7. The van der Waals surface area contributed by atoms with E-state index in [0.29, 0.717) is 38.4 Å². The van der Waals surface area contributed by atoms with Crippen LogP contribution in [0.25, 0.3) is 22.6 Å². The Morgan fingerprint density at radius 2 is 1.90 bits per heavy atom. The van der Waals surface area contributed by atoms with Gasteiger partial charge in [-0.25, -0.2) is 4.98 Å². The van der Waals surface area contributed by atoms with Gasteiger partial charge in [0.2, 0.25) is 5.89 Å². The van der Waals surface area contributed by atoms with E-state index in [9.17, 15) is 4.79 Å². The summed E-state index contributed by atoms with van der Waals surface area (Å²) < 4.78 is 6.45. The van der Waals surface area contributed by atoms with Crippen molar-refractivity contribution in [3.63, 3.8) is 0 Å². The number of halogens is 2. The number of piperidine rings is 3. The topological polar surface area (TPSA) is 58.4 Å². The minimum Gasteiger partial charge on any atom is -0.436 e. The molecule has 3 aliphatic heterocycles. The summed E-state index contributed by atoms with van der Waals surface area (Å²) in [5, 5.41) is 3.32. The van der Waals surface area contributed by atoms with Crippen LogP contribution in [-0.2, 0) is 0 Å². The molecule has 2 atom stereocenters. The van der Waals surface area contributed by atoms with Gasteiger partial charge in [-0.2, -0.15) is 0 Å². The number of fused-ring (bicyclic) bond motifs is 4. The highest BCUT2D eigenvalue weighted by molar-refractivity contribution is 14.1. The number of amides is 1. The molecule has 0 aliphatic carbocycles. The van der Waals surface area contributed by atoms with Gasteiger partial charge in [-0.1, -0.05) is 60.7 Å². The monoisotopic (exact) mass is 551 g/mol. The third-order valence-electron chi connectivity index (χ3n) is 6.50. The van der Waals surface area contributed by atoms with E-state index in [1.54, 1.807) is 0 Å². The van der Waals surface area contributed by atoms with E-state index in [0.717, 1.165) is 31.5 Å². The fourth-order valence-corrected chi connectivity index (χ4v) is 6.16. The number of aromatic nitrogens is 1. The lowest BCUT2D eigenvalue weighted by Gasteiger charge is -2.48. The molecule has 1 N–H and O–H groups in total. The van der Waals surface area contributed by atoms with Crippen LogP contribution in [0, 0.1) is 5.92 Å². The van der Waals surface area contributed by atoms with Crippen LogP contribution in [0.2, 0.25) is 0 Å². The molecule has 164 valence electrons.